The second-order valence-electron chi connectivity index (χ2n) is 11.5. The van der Waals surface area contributed by atoms with Gasteiger partial charge in [0, 0.05) is 17.8 Å². The minimum Gasteiger partial charge on any atom is -0.460 e. The number of alkyl halides is 1. The average molecular weight is 681 g/mol. The van der Waals surface area contributed by atoms with Gasteiger partial charge in [-0.15, -0.1) is 13.2 Å². The monoisotopic (exact) mass is 679 g/mol. The van der Waals surface area contributed by atoms with Gasteiger partial charge in [-0.25, -0.2) is 0 Å². The van der Waals surface area contributed by atoms with Crippen LogP contribution in [-0.4, -0.2) is 88.1 Å². The van der Waals surface area contributed by atoms with Gasteiger partial charge >= 0.3 is 5.97 Å². The first-order valence-corrected chi connectivity index (χ1v) is 15.7. The number of para-hydroxylation sites is 1. The van der Waals surface area contributed by atoms with E-state index in [-0.39, 0.29) is 30.2 Å². The first kappa shape index (κ1) is 33.2. The fourth-order valence-corrected chi connectivity index (χ4v) is 7.88. The second kappa shape index (κ2) is 13.5. The Morgan fingerprint density at radius 2 is 2.05 bits per heavy atom. The number of allylic oxidation sites excluding steroid dienone is 1. The van der Waals surface area contributed by atoms with Gasteiger partial charge in [0.1, 0.15) is 17.7 Å². The number of benzene rings is 1. The van der Waals surface area contributed by atoms with E-state index in [1.54, 1.807) is 38.1 Å². The summed E-state index contributed by atoms with van der Waals surface area (Å²) >= 11 is 10.2. The summed E-state index contributed by atoms with van der Waals surface area (Å²) < 4.78 is 12.3. The van der Waals surface area contributed by atoms with Gasteiger partial charge in [-0.2, -0.15) is 0 Å². The maximum absolute atomic E-state index is 14.6. The quantitative estimate of drug-likeness (QED) is 0.186. The fraction of sp³-hybridized carbons (Fsp3) is 0.548. The molecule has 43 heavy (non-hydrogen) atoms. The van der Waals surface area contributed by atoms with Crippen molar-refractivity contribution in [1.29, 1.82) is 0 Å². The summed E-state index contributed by atoms with van der Waals surface area (Å²) in [5.74, 6) is -3.73. The molecule has 10 nitrogen and oxygen atoms in total. The van der Waals surface area contributed by atoms with Crippen molar-refractivity contribution in [3.8, 4) is 0 Å². The Hall–Kier alpha value is -2.73. The Balaban J connectivity index is 1.68. The Bertz CT molecular complexity index is 1270. The minimum atomic E-state index is -1.35. The van der Waals surface area contributed by atoms with E-state index in [2.05, 4.69) is 34.4 Å². The second-order valence-corrected chi connectivity index (χ2v) is 13.0. The molecule has 0 radical (unpaired) electrons. The van der Waals surface area contributed by atoms with E-state index >= 15 is 0 Å². The predicted molar refractivity (Wildman–Crippen MR) is 166 cm³/mol. The molecule has 4 rings (SSSR count). The number of fused-ring (bicyclic) bond motifs is 1. The molecule has 2 bridgehead atoms. The molecule has 8 atom stereocenters. The van der Waals surface area contributed by atoms with E-state index in [0.717, 1.165) is 5.56 Å². The van der Waals surface area contributed by atoms with Crippen molar-refractivity contribution in [3.05, 3.63) is 54.1 Å². The Kier molecular flexibility index (Phi) is 10.4. The van der Waals surface area contributed by atoms with E-state index < -0.39 is 66.1 Å². The van der Waals surface area contributed by atoms with Gasteiger partial charge in [-0.05, 0) is 45.2 Å². The van der Waals surface area contributed by atoms with E-state index in [4.69, 9.17) is 21.1 Å². The molecule has 1 unspecified atom stereocenters. The number of nitrogens with one attached hydrogen (secondary N) is 1. The largest absolute Gasteiger partial charge is 0.460 e. The summed E-state index contributed by atoms with van der Waals surface area (Å²) in [6.45, 7) is 12.4. The van der Waals surface area contributed by atoms with E-state index in [9.17, 15) is 24.3 Å². The van der Waals surface area contributed by atoms with E-state index in [1.807, 2.05) is 13.0 Å². The van der Waals surface area contributed by atoms with Crippen molar-refractivity contribution in [1.82, 2.24) is 10.2 Å². The van der Waals surface area contributed by atoms with Crippen LogP contribution in [0.4, 0.5) is 5.69 Å². The lowest BCUT2D eigenvalue weighted by atomic mass is 9.70. The molecule has 3 saturated heterocycles. The summed E-state index contributed by atoms with van der Waals surface area (Å²) in [4.78, 5) is 57.0. The number of ether oxygens (including phenoxy) is 2. The van der Waals surface area contributed by atoms with Gasteiger partial charge in [-0.3, -0.25) is 19.2 Å². The van der Waals surface area contributed by atoms with Crippen LogP contribution in [0.1, 0.15) is 38.7 Å². The zero-order valence-corrected chi connectivity index (χ0v) is 27.0. The minimum absolute atomic E-state index is 0.101. The smallest absolute Gasteiger partial charge is 0.312 e. The predicted octanol–water partition coefficient (Wildman–Crippen LogP) is 3.31. The molecule has 3 aliphatic rings. The first-order chi connectivity index (χ1) is 20.4. The van der Waals surface area contributed by atoms with Crippen LogP contribution in [0.25, 0.3) is 0 Å². The number of likely N-dealkylation sites (tertiary alicyclic amines) is 1. The van der Waals surface area contributed by atoms with Crippen LogP contribution in [0.5, 0.6) is 0 Å². The number of aliphatic hydroxyl groups is 1. The lowest BCUT2D eigenvalue weighted by molar-refractivity contribution is -0.159. The molecular formula is C31H39BrClN3O7. The van der Waals surface area contributed by atoms with Crippen molar-refractivity contribution in [3.63, 3.8) is 0 Å². The summed E-state index contributed by atoms with van der Waals surface area (Å²) in [6, 6.07) is 3.42. The van der Waals surface area contributed by atoms with Crippen LogP contribution in [0, 0.1) is 18.8 Å². The van der Waals surface area contributed by atoms with Crippen LogP contribution in [-0.2, 0) is 28.7 Å². The number of halogens is 2. The molecule has 3 fully saturated rings. The Morgan fingerprint density at radius 3 is 2.67 bits per heavy atom. The lowest BCUT2D eigenvalue weighted by Crippen LogP contribution is -2.59. The normalized spacial score (nSPS) is 28.7. The SMILES string of the molecule is C=CCCC(=O)NC[C@H](C)OC(=O)[C@H]1[C@@H]2O[C@@]3(CC2Br)[C@@H]1C(=O)N([C@H](C)CO)[C@@H]3C(=O)N(CC=C)c1c(C)cccc1Cl. The van der Waals surface area contributed by atoms with Crippen LogP contribution in [0.3, 0.4) is 0 Å². The molecule has 12 heteroatoms. The van der Waals surface area contributed by atoms with Gasteiger partial charge in [0.05, 0.1) is 47.8 Å². The molecule has 0 saturated carbocycles. The van der Waals surface area contributed by atoms with Crippen molar-refractivity contribution in [2.45, 2.75) is 74.8 Å². The van der Waals surface area contributed by atoms with Gasteiger partial charge in [0.2, 0.25) is 11.8 Å². The summed E-state index contributed by atoms with van der Waals surface area (Å²) in [7, 11) is 0. The van der Waals surface area contributed by atoms with Crippen molar-refractivity contribution in [2.75, 3.05) is 24.6 Å². The standard InChI is InChI=1S/C31H39BrClN3O7/c1-6-8-12-22(38)34-15-19(5)42-30(41)23-24-28(39)36(18(4)16-37)27(31(24)14-20(32)26(23)43-31)29(40)35(13-7-2)25-17(3)10-9-11-21(25)33/h6-7,9-11,18-20,23-24,26-27,37H,1-2,8,12-16H2,3-5H3,(H,34,38)/t18-,19+,20?,23-,24+,26-,27-,31+/m1/s1. The maximum atomic E-state index is 14.6. The Labute approximate surface area is 265 Å². The number of carbonyl (C=O) groups is 4. The number of rotatable bonds is 13. The highest BCUT2D eigenvalue weighted by Crippen LogP contribution is 2.61. The van der Waals surface area contributed by atoms with Gasteiger partial charge < -0.3 is 29.7 Å². The molecule has 1 aromatic carbocycles. The van der Waals surface area contributed by atoms with Gasteiger partial charge in [0.25, 0.3) is 5.91 Å². The zero-order chi connectivity index (χ0) is 31.6. The first-order valence-electron chi connectivity index (χ1n) is 14.4. The lowest BCUT2D eigenvalue weighted by Gasteiger charge is -2.39. The number of aliphatic hydroxyl groups excluding tert-OH is 1. The summed E-state index contributed by atoms with van der Waals surface area (Å²) in [5, 5.41) is 13.2. The van der Waals surface area contributed by atoms with E-state index in [1.165, 1.54) is 9.80 Å². The molecule has 234 valence electrons. The average Bonchev–Trinajstić information content (AvgIpc) is 3.56. The highest BCUT2D eigenvalue weighted by atomic mass is 79.9. The number of aryl methyl sites for hydroxylation is 1. The third kappa shape index (κ3) is 6.01. The number of carbonyl (C=O) groups excluding carboxylic acids is 4. The third-order valence-corrected chi connectivity index (χ3v) is 9.64. The van der Waals surface area contributed by atoms with Crippen LogP contribution < -0.4 is 10.2 Å². The van der Waals surface area contributed by atoms with Crippen LogP contribution >= 0.6 is 27.5 Å². The van der Waals surface area contributed by atoms with Crippen LogP contribution in [0.2, 0.25) is 5.02 Å². The number of nitrogens with zero attached hydrogens (tertiary/aromatic N) is 2. The van der Waals surface area contributed by atoms with Gasteiger partial charge in [-0.1, -0.05) is 51.8 Å². The van der Waals surface area contributed by atoms with Crippen molar-refractivity contribution in [2.24, 2.45) is 11.8 Å². The topological polar surface area (TPSA) is 125 Å². The summed E-state index contributed by atoms with van der Waals surface area (Å²) in [6.07, 6.45) is 2.94. The van der Waals surface area contributed by atoms with Crippen molar-refractivity contribution >= 4 is 56.9 Å². The Morgan fingerprint density at radius 1 is 1.33 bits per heavy atom. The molecule has 3 heterocycles. The van der Waals surface area contributed by atoms with Gasteiger partial charge in [0.15, 0.2) is 0 Å². The number of amides is 3. The maximum Gasteiger partial charge on any atom is 0.312 e. The molecule has 3 aliphatic heterocycles. The third-order valence-electron chi connectivity index (χ3n) is 8.49. The van der Waals surface area contributed by atoms with E-state index in [0.29, 0.717) is 23.6 Å². The van der Waals surface area contributed by atoms with Crippen molar-refractivity contribution < 1.29 is 33.8 Å². The molecular weight excluding hydrogens is 642 g/mol. The molecule has 0 aliphatic carbocycles. The number of hydrogen-bond donors (Lipinski definition) is 2. The molecule has 3 amide bonds. The molecule has 0 aromatic heterocycles. The highest BCUT2D eigenvalue weighted by Gasteiger charge is 2.77. The number of esters is 1. The molecule has 1 aromatic rings. The number of anilines is 1. The zero-order valence-electron chi connectivity index (χ0n) is 24.6. The highest BCUT2D eigenvalue weighted by molar-refractivity contribution is 9.09. The number of hydrogen-bond acceptors (Lipinski definition) is 7. The van der Waals surface area contributed by atoms with Crippen LogP contribution in [0.15, 0.2) is 43.5 Å². The molecule has 2 N–H and O–H groups in total. The molecule has 1 spiro atoms. The summed E-state index contributed by atoms with van der Waals surface area (Å²) in [5.41, 5.74) is -0.109. The fourth-order valence-electron chi connectivity index (χ4n) is 6.61.